The Labute approximate surface area is 160 Å². The molecular formula is C20H20F3NO4. The molecular weight excluding hydrogens is 375 g/mol. The Morgan fingerprint density at radius 1 is 1.21 bits per heavy atom. The molecule has 0 unspecified atom stereocenters. The maximum Gasteiger partial charge on any atom is 0.416 e. The number of alkyl halides is 3. The van der Waals surface area contributed by atoms with Crippen LogP contribution in [-0.4, -0.2) is 36.2 Å². The van der Waals surface area contributed by atoms with Gasteiger partial charge in [0.25, 0.3) is 0 Å². The first kappa shape index (κ1) is 20.0. The number of hydrogen-bond acceptors (Lipinski definition) is 4. The number of ether oxygens (including phenoxy) is 2. The SMILES string of the molecule is COc1cc(OCc2cccc(C(F)(F)F)c2)ccc1CN1CC(C(=O)O)C1. The van der Waals surface area contributed by atoms with Crippen LogP contribution in [0.15, 0.2) is 42.5 Å². The monoisotopic (exact) mass is 395 g/mol. The van der Waals surface area contributed by atoms with E-state index in [1.54, 1.807) is 18.2 Å². The summed E-state index contributed by atoms with van der Waals surface area (Å²) in [5.74, 6) is -0.0621. The van der Waals surface area contributed by atoms with Crippen LogP contribution in [0.5, 0.6) is 11.5 Å². The van der Waals surface area contributed by atoms with Crippen molar-refractivity contribution in [2.75, 3.05) is 20.2 Å². The second-order valence-electron chi connectivity index (χ2n) is 6.69. The highest BCUT2D eigenvalue weighted by Crippen LogP contribution is 2.31. The lowest BCUT2D eigenvalue weighted by Crippen LogP contribution is -2.49. The summed E-state index contributed by atoms with van der Waals surface area (Å²) < 4.78 is 49.3. The molecule has 2 aromatic carbocycles. The van der Waals surface area contributed by atoms with Gasteiger partial charge in [0.05, 0.1) is 18.6 Å². The molecule has 0 radical (unpaired) electrons. The fourth-order valence-electron chi connectivity index (χ4n) is 3.05. The minimum absolute atomic E-state index is 0.00115. The number of methoxy groups -OCH3 is 1. The van der Waals surface area contributed by atoms with E-state index < -0.39 is 17.7 Å². The van der Waals surface area contributed by atoms with Crippen LogP contribution < -0.4 is 9.47 Å². The van der Waals surface area contributed by atoms with Crippen LogP contribution in [-0.2, 0) is 24.1 Å². The molecule has 0 atom stereocenters. The average Bonchev–Trinajstić information content (AvgIpc) is 2.62. The van der Waals surface area contributed by atoms with Gasteiger partial charge in [-0.1, -0.05) is 18.2 Å². The van der Waals surface area contributed by atoms with Crippen molar-refractivity contribution in [2.24, 2.45) is 5.92 Å². The molecule has 3 rings (SSSR count). The molecule has 0 bridgehead atoms. The Morgan fingerprint density at radius 2 is 1.96 bits per heavy atom. The molecule has 1 saturated heterocycles. The van der Waals surface area contributed by atoms with Crippen molar-refractivity contribution >= 4 is 5.97 Å². The van der Waals surface area contributed by atoms with Crippen LogP contribution in [0.1, 0.15) is 16.7 Å². The van der Waals surface area contributed by atoms with Crippen LogP contribution in [0.3, 0.4) is 0 Å². The number of halogens is 3. The van der Waals surface area contributed by atoms with E-state index in [9.17, 15) is 18.0 Å². The quantitative estimate of drug-likeness (QED) is 0.773. The topological polar surface area (TPSA) is 59.0 Å². The lowest BCUT2D eigenvalue weighted by molar-refractivity contribution is -0.147. The summed E-state index contributed by atoms with van der Waals surface area (Å²) in [6.07, 6.45) is -4.39. The number of aliphatic carboxylic acids is 1. The lowest BCUT2D eigenvalue weighted by atomic mass is 9.99. The zero-order valence-electron chi connectivity index (χ0n) is 15.2. The largest absolute Gasteiger partial charge is 0.496 e. The maximum absolute atomic E-state index is 12.8. The van der Waals surface area contributed by atoms with Gasteiger partial charge in [-0.25, -0.2) is 0 Å². The molecule has 0 saturated carbocycles. The summed E-state index contributed by atoms with van der Waals surface area (Å²) in [5.41, 5.74) is 0.589. The number of carboxylic acids is 1. The number of likely N-dealkylation sites (tertiary alicyclic amines) is 1. The lowest BCUT2D eigenvalue weighted by Gasteiger charge is -2.36. The van der Waals surface area contributed by atoms with Crippen molar-refractivity contribution < 1.29 is 32.5 Å². The van der Waals surface area contributed by atoms with E-state index >= 15 is 0 Å². The normalized spacial score (nSPS) is 15.1. The Balaban J connectivity index is 1.62. The van der Waals surface area contributed by atoms with Crippen molar-refractivity contribution in [2.45, 2.75) is 19.3 Å². The zero-order valence-corrected chi connectivity index (χ0v) is 15.2. The average molecular weight is 395 g/mol. The van der Waals surface area contributed by atoms with Crippen molar-refractivity contribution in [3.63, 3.8) is 0 Å². The standard InChI is InChI=1S/C20H20F3NO4/c1-27-18-8-17(6-5-14(18)9-24-10-15(11-24)19(25)26)28-12-13-3-2-4-16(7-13)20(21,22)23/h2-8,15H,9-12H2,1H3,(H,25,26). The number of carboxylic acid groups (broad SMARTS) is 1. The van der Waals surface area contributed by atoms with Gasteiger partial charge in [-0.15, -0.1) is 0 Å². The Kier molecular flexibility index (Phi) is 5.79. The van der Waals surface area contributed by atoms with E-state index in [-0.39, 0.29) is 12.5 Å². The molecule has 2 aromatic rings. The van der Waals surface area contributed by atoms with Gasteiger partial charge < -0.3 is 14.6 Å². The van der Waals surface area contributed by atoms with E-state index in [1.165, 1.54) is 13.2 Å². The highest BCUT2D eigenvalue weighted by atomic mass is 19.4. The Morgan fingerprint density at radius 3 is 2.61 bits per heavy atom. The first-order chi connectivity index (χ1) is 13.3. The molecule has 0 aromatic heterocycles. The number of carbonyl (C=O) groups is 1. The molecule has 5 nitrogen and oxygen atoms in total. The zero-order chi connectivity index (χ0) is 20.3. The van der Waals surface area contributed by atoms with Crippen molar-refractivity contribution in [1.29, 1.82) is 0 Å². The van der Waals surface area contributed by atoms with Crippen LogP contribution >= 0.6 is 0 Å². The number of nitrogens with zero attached hydrogens (tertiary/aromatic N) is 1. The van der Waals surface area contributed by atoms with Gasteiger partial charge in [-0.2, -0.15) is 13.2 Å². The third kappa shape index (κ3) is 4.75. The summed E-state index contributed by atoms with van der Waals surface area (Å²) in [7, 11) is 1.52. The number of rotatable bonds is 7. The number of hydrogen-bond donors (Lipinski definition) is 1. The van der Waals surface area contributed by atoms with Crippen LogP contribution in [0.25, 0.3) is 0 Å². The summed E-state index contributed by atoms with van der Waals surface area (Å²) in [6, 6.07) is 10.2. The van der Waals surface area contributed by atoms with E-state index in [1.807, 2.05) is 11.0 Å². The smallest absolute Gasteiger partial charge is 0.416 e. The van der Waals surface area contributed by atoms with Crippen molar-refractivity contribution in [1.82, 2.24) is 4.90 Å². The van der Waals surface area contributed by atoms with Gasteiger partial charge in [0.2, 0.25) is 0 Å². The van der Waals surface area contributed by atoms with Gasteiger partial charge in [0.15, 0.2) is 0 Å². The van der Waals surface area contributed by atoms with Crippen LogP contribution in [0.4, 0.5) is 13.2 Å². The van der Waals surface area contributed by atoms with Gasteiger partial charge in [-0.3, -0.25) is 9.69 Å². The van der Waals surface area contributed by atoms with Crippen molar-refractivity contribution in [3.05, 3.63) is 59.2 Å². The van der Waals surface area contributed by atoms with Gasteiger partial charge in [0.1, 0.15) is 18.1 Å². The fourth-order valence-corrected chi connectivity index (χ4v) is 3.05. The third-order valence-electron chi connectivity index (χ3n) is 4.62. The molecule has 1 N–H and O–H groups in total. The van der Waals surface area contributed by atoms with E-state index in [0.29, 0.717) is 36.7 Å². The maximum atomic E-state index is 12.8. The molecule has 1 fully saturated rings. The molecule has 0 spiro atoms. The minimum atomic E-state index is -4.39. The third-order valence-corrected chi connectivity index (χ3v) is 4.62. The number of benzene rings is 2. The summed E-state index contributed by atoms with van der Waals surface area (Å²) >= 11 is 0. The molecule has 28 heavy (non-hydrogen) atoms. The predicted octanol–water partition coefficient (Wildman–Crippen LogP) is 3.81. The van der Waals surface area contributed by atoms with E-state index in [4.69, 9.17) is 14.6 Å². The first-order valence-electron chi connectivity index (χ1n) is 8.67. The summed E-state index contributed by atoms with van der Waals surface area (Å²) in [6.45, 7) is 1.54. The summed E-state index contributed by atoms with van der Waals surface area (Å²) in [5, 5.41) is 8.94. The second-order valence-corrected chi connectivity index (χ2v) is 6.69. The van der Waals surface area contributed by atoms with Gasteiger partial charge in [0, 0.05) is 31.3 Å². The highest BCUT2D eigenvalue weighted by Gasteiger charge is 2.32. The fraction of sp³-hybridized carbons (Fsp3) is 0.350. The van der Waals surface area contributed by atoms with Crippen LogP contribution in [0, 0.1) is 5.92 Å². The highest BCUT2D eigenvalue weighted by molar-refractivity contribution is 5.71. The van der Waals surface area contributed by atoms with E-state index in [2.05, 4.69) is 0 Å². The van der Waals surface area contributed by atoms with Gasteiger partial charge in [-0.05, 0) is 23.8 Å². The molecule has 8 heteroatoms. The molecule has 1 heterocycles. The molecule has 1 aliphatic heterocycles. The molecule has 150 valence electrons. The summed E-state index contributed by atoms with van der Waals surface area (Å²) in [4.78, 5) is 12.9. The molecule has 0 aliphatic carbocycles. The molecule has 1 aliphatic rings. The van der Waals surface area contributed by atoms with Gasteiger partial charge >= 0.3 is 12.1 Å². The van der Waals surface area contributed by atoms with Crippen molar-refractivity contribution in [3.8, 4) is 11.5 Å². The first-order valence-corrected chi connectivity index (χ1v) is 8.67. The minimum Gasteiger partial charge on any atom is -0.496 e. The Bertz CT molecular complexity index is 848. The second kappa shape index (κ2) is 8.10. The van der Waals surface area contributed by atoms with Crippen LogP contribution in [0.2, 0.25) is 0 Å². The molecule has 0 amide bonds. The van der Waals surface area contributed by atoms with E-state index in [0.717, 1.165) is 17.7 Å². The Hall–Kier alpha value is -2.74. The predicted molar refractivity (Wildman–Crippen MR) is 95.2 cm³/mol.